The van der Waals surface area contributed by atoms with E-state index >= 15 is 0 Å². The number of rotatable bonds is 14. The largest absolute Gasteiger partial charge is 0.491 e. The fourth-order valence-electron chi connectivity index (χ4n) is 4.99. The van der Waals surface area contributed by atoms with Crippen molar-refractivity contribution in [3.63, 3.8) is 0 Å². The fraction of sp³-hybridized carbons (Fsp3) is 0.500. The molecule has 2 aromatic rings. The van der Waals surface area contributed by atoms with Gasteiger partial charge in [0.05, 0.1) is 23.3 Å². The molecule has 0 amide bonds. The molecule has 0 saturated carbocycles. The third-order valence-electron chi connectivity index (χ3n) is 7.61. The van der Waals surface area contributed by atoms with Gasteiger partial charge in [-0.05, 0) is 53.7 Å². The Morgan fingerprint density at radius 2 is 1.86 bits per heavy atom. The summed E-state index contributed by atoms with van der Waals surface area (Å²) in [5.41, 5.74) is 5.71. The number of amidine groups is 1. The SMILES string of the molecule is CC.CCC/C=C/C(=C\NC(C)=NC1CN(N(C)O)C1)c1ccc(C(C)(C)c2cc(C#N)c(OCCCl)c(CCC)c2)cc1. The summed E-state index contributed by atoms with van der Waals surface area (Å²) in [6.07, 6.45) is 10.3. The van der Waals surface area contributed by atoms with Gasteiger partial charge in [0.15, 0.2) is 0 Å². The molecule has 0 bridgehead atoms. The molecule has 240 valence electrons. The molecule has 8 heteroatoms. The highest BCUT2D eigenvalue weighted by Gasteiger charge is 2.29. The Hall–Kier alpha value is -3.15. The second-order valence-electron chi connectivity index (χ2n) is 11.3. The molecule has 0 unspecified atom stereocenters. The number of unbranched alkanes of at least 4 members (excludes halogenated alkanes) is 1. The van der Waals surface area contributed by atoms with E-state index in [1.165, 1.54) is 0 Å². The van der Waals surface area contributed by atoms with E-state index in [0.717, 1.165) is 64.5 Å². The van der Waals surface area contributed by atoms with Gasteiger partial charge in [0.25, 0.3) is 0 Å². The second kappa shape index (κ2) is 18.6. The number of halogens is 1. The molecule has 7 nitrogen and oxygen atoms in total. The van der Waals surface area contributed by atoms with E-state index in [1.807, 2.05) is 38.0 Å². The maximum Gasteiger partial charge on any atom is 0.140 e. The van der Waals surface area contributed by atoms with Crippen molar-refractivity contribution in [3.05, 3.63) is 82.6 Å². The van der Waals surface area contributed by atoms with Crippen molar-refractivity contribution in [1.29, 1.82) is 5.26 Å². The number of alkyl halides is 1. The minimum absolute atomic E-state index is 0.168. The van der Waals surface area contributed by atoms with Crippen LogP contribution in [-0.4, -0.2) is 59.9 Å². The van der Waals surface area contributed by atoms with Gasteiger partial charge >= 0.3 is 0 Å². The average Bonchev–Trinajstić information content (AvgIpc) is 3.00. The maximum atomic E-state index is 9.94. The zero-order chi connectivity index (χ0) is 32.7. The van der Waals surface area contributed by atoms with E-state index in [1.54, 1.807) is 7.05 Å². The zero-order valence-electron chi connectivity index (χ0n) is 28.0. The number of hydrazine groups is 1. The number of aliphatic imine (C=N–C) groups is 1. The Bertz CT molecular complexity index is 1300. The molecule has 0 aromatic heterocycles. The smallest absolute Gasteiger partial charge is 0.140 e. The van der Waals surface area contributed by atoms with Gasteiger partial charge in [-0.1, -0.05) is 96.9 Å². The number of hydroxylamine groups is 1. The van der Waals surface area contributed by atoms with Crippen molar-refractivity contribution >= 4 is 23.0 Å². The normalized spacial score (nSPS) is 14.7. The van der Waals surface area contributed by atoms with Crippen molar-refractivity contribution in [2.45, 2.75) is 85.6 Å². The predicted molar refractivity (Wildman–Crippen MR) is 184 cm³/mol. The first-order valence-corrected chi connectivity index (χ1v) is 16.4. The van der Waals surface area contributed by atoms with E-state index in [-0.39, 0.29) is 11.5 Å². The lowest BCUT2D eigenvalue weighted by Gasteiger charge is -2.39. The minimum Gasteiger partial charge on any atom is -0.491 e. The van der Waals surface area contributed by atoms with E-state index in [0.29, 0.717) is 36.9 Å². The summed E-state index contributed by atoms with van der Waals surface area (Å²) < 4.78 is 5.91. The summed E-state index contributed by atoms with van der Waals surface area (Å²) in [7, 11) is 1.62. The number of hydrogen-bond acceptors (Lipinski definition) is 6. The van der Waals surface area contributed by atoms with Gasteiger partial charge in [0.2, 0.25) is 0 Å². The van der Waals surface area contributed by atoms with Crippen molar-refractivity contribution in [2.75, 3.05) is 32.6 Å². The third kappa shape index (κ3) is 10.2. The molecule has 3 rings (SSSR count). The minimum atomic E-state index is -0.319. The monoisotopic (exact) mass is 621 g/mol. The summed E-state index contributed by atoms with van der Waals surface area (Å²) in [4.78, 5) is 4.73. The molecule has 1 aliphatic heterocycles. The highest BCUT2D eigenvalue weighted by molar-refractivity contribution is 6.18. The van der Waals surface area contributed by atoms with Crippen molar-refractivity contribution in [3.8, 4) is 11.8 Å². The van der Waals surface area contributed by atoms with E-state index in [4.69, 9.17) is 21.3 Å². The number of nitriles is 1. The van der Waals surface area contributed by atoms with Crippen molar-refractivity contribution < 1.29 is 9.94 Å². The van der Waals surface area contributed by atoms with E-state index < -0.39 is 0 Å². The molecule has 0 spiro atoms. The molecule has 0 atom stereocenters. The maximum absolute atomic E-state index is 9.94. The van der Waals surface area contributed by atoms with Crippen molar-refractivity contribution in [2.24, 2.45) is 4.99 Å². The number of ether oxygens (including phenoxy) is 1. The van der Waals surface area contributed by atoms with Crippen LogP contribution in [0.1, 0.15) is 95.5 Å². The third-order valence-corrected chi connectivity index (χ3v) is 7.76. The highest BCUT2D eigenvalue weighted by atomic mass is 35.5. The highest BCUT2D eigenvalue weighted by Crippen LogP contribution is 2.37. The van der Waals surface area contributed by atoms with Gasteiger partial charge < -0.3 is 10.1 Å². The van der Waals surface area contributed by atoms with Crippen LogP contribution >= 0.6 is 11.6 Å². The number of hydrogen-bond donors (Lipinski definition) is 2. The summed E-state index contributed by atoms with van der Waals surface area (Å²) in [6.45, 7) is 16.4. The van der Waals surface area contributed by atoms with Gasteiger partial charge in [-0.15, -0.1) is 16.8 Å². The van der Waals surface area contributed by atoms with Gasteiger partial charge in [-0.25, -0.2) is 5.01 Å². The molecular formula is C36H52ClN5O2. The lowest BCUT2D eigenvalue weighted by Crippen LogP contribution is -2.56. The van der Waals surface area contributed by atoms with Gasteiger partial charge in [0.1, 0.15) is 18.4 Å². The van der Waals surface area contributed by atoms with Crippen LogP contribution in [0.25, 0.3) is 5.57 Å². The van der Waals surface area contributed by atoms with Crippen LogP contribution in [0.4, 0.5) is 0 Å². The van der Waals surface area contributed by atoms with Crippen LogP contribution in [0.5, 0.6) is 5.75 Å². The van der Waals surface area contributed by atoms with Crippen LogP contribution in [0.3, 0.4) is 0 Å². The van der Waals surface area contributed by atoms with Crippen LogP contribution in [0, 0.1) is 11.3 Å². The first kappa shape index (κ1) is 37.0. The molecule has 2 aromatic carbocycles. The fourth-order valence-corrected chi connectivity index (χ4v) is 5.07. The second-order valence-corrected chi connectivity index (χ2v) is 11.7. The number of nitrogens with one attached hydrogen (secondary N) is 1. The van der Waals surface area contributed by atoms with Crippen LogP contribution in [0.2, 0.25) is 0 Å². The molecular weight excluding hydrogens is 570 g/mol. The summed E-state index contributed by atoms with van der Waals surface area (Å²) in [5, 5.41) is 25.8. The van der Waals surface area contributed by atoms with Crippen LogP contribution in [-0.2, 0) is 11.8 Å². The molecule has 0 radical (unpaired) electrons. The summed E-state index contributed by atoms with van der Waals surface area (Å²) in [5.74, 6) is 1.88. The first-order chi connectivity index (χ1) is 21.1. The topological polar surface area (TPSA) is 84.1 Å². The number of aryl methyl sites for hydroxylation is 1. The number of allylic oxidation sites excluding steroid dienone is 3. The number of benzene rings is 2. The standard InChI is InChI=1S/C34H46ClN5O2.C2H6/c1-7-9-10-12-28(22-37-25(3)38-32-23-40(24-32)39(6)41)26-13-15-30(16-14-26)34(4,5)31-19-27(11-8-2)33(42-18-17-35)29(20-31)21-36;1-2/h10,12-16,19-20,22,32,41H,7-9,11,17-18,23-24H2,1-6H3,(H,37,38);1-2H3/b12-10+,28-22+;. The Kier molecular flexibility index (Phi) is 15.7. The Morgan fingerprint density at radius 3 is 2.43 bits per heavy atom. The Balaban J connectivity index is 0.00000330. The predicted octanol–water partition coefficient (Wildman–Crippen LogP) is 8.11. The van der Waals surface area contributed by atoms with Crippen LogP contribution < -0.4 is 10.1 Å². The Labute approximate surface area is 270 Å². The van der Waals surface area contributed by atoms with Crippen LogP contribution in [0.15, 0.2) is 59.7 Å². The van der Waals surface area contributed by atoms with Crippen molar-refractivity contribution in [1.82, 2.24) is 15.5 Å². The quantitative estimate of drug-likeness (QED) is 0.0729. The first-order valence-electron chi connectivity index (χ1n) is 15.9. The molecule has 1 heterocycles. The zero-order valence-corrected chi connectivity index (χ0v) is 28.7. The van der Waals surface area contributed by atoms with E-state index in [9.17, 15) is 10.5 Å². The molecule has 1 saturated heterocycles. The molecule has 2 N–H and O–H groups in total. The van der Waals surface area contributed by atoms with E-state index in [2.05, 4.69) is 81.6 Å². The Morgan fingerprint density at radius 1 is 1.18 bits per heavy atom. The number of nitrogens with zero attached hydrogens (tertiary/aromatic N) is 4. The average molecular weight is 622 g/mol. The molecule has 0 aliphatic carbocycles. The molecule has 1 fully saturated rings. The van der Waals surface area contributed by atoms with Gasteiger partial charge in [-0.3, -0.25) is 10.2 Å². The lowest BCUT2D eigenvalue weighted by atomic mass is 9.76. The summed E-state index contributed by atoms with van der Waals surface area (Å²) >= 11 is 5.87. The van der Waals surface area contributed by atoms with Gasteiger partial charge in [-0.2, -0.15) is 5.26 Å². The summed E-state index contributed by atoms with van der Waals surface area (Å²) in [6, 6.07) is 15.3. The molecule has 44 heavy (non-hydrogen) atoms. The molecule has 1 aliphatic rings. The van der Waals surface area contributed by atoms with Gasteiger partial charge in [0, 0.05) is 31.8 Å². The lowest BCUT2D eigenvalue weighted by molar-refractivity contribution is -0.253.